The molecule has 2 aliphatic heterocycles. The van der Waals surface area contributed by atoms with E-state index in [4.69, 9.17) is 23.7 Å². The highest BCUT2D eigenvalue weighted by Crippen LogP contribution is 2.30. The van der Waals surface area contributed by atoms with Crippen molar-refractivity contribution < 1.29 is 48.9 Å². The SMILES string of the molecule is CC(C)(C)OC(=O)NCCN(C[C@H](O)[C@@H](O)[C@H]1CCOC(c2ccccc2)O1)C[C@H](O)[C@@H](O)[C@H]1CCOC(c2ccccc2)O1. The number of ether oxygens (including phenoxy) is 5. The predicted molar refractivity (Wildman–Crippen MR) is 164 cm³/mol. The normalized spacial score (nSPS) is 25.2. The van der Waals surface area contributed by atoms with Crippen molar-refractivity contribution in [2.75, 3.05) is 39.4 Å². The molecule has 2 saturated heterocycles. The van der Waals surface area contributed by atoms with Crippen molar-refractivity contribution in [1.29, 1.82) is 0 Å². The van der Waals surface area contributed by atoms with Crippen LogP contribution in [0.2, 0.25) is 0 Å². The van der Waals surface area contributed by atoms with Crippen LogP contribution in [-0.4, -0.2) is 113 Å². The van der Waals surface area contributed by atoms with Gasteiger partial charge in [0.1, 0.15) is 17.8 Å². The van der Waals surface area contributed by atoms with Gasteiger partial charge in [-0.2, -0.15) is 0 Å². The summed E-state index contributed by atoms with van der Waals surface area (Å²) in [4.78, 5) is 13.9. The number of aliphatic hydroxyl groups excluding tert-OH is 4. The minimum absolute atomic E-state index is 0.0705. The average molecular weight is 633 g/mol. The van der Waals surface area contributed by atoms with Crippen molar-refractivity contribution in [2.45, 2.75) is 88.4 Å². The number of alkyl carbamates (subject to hydrolysis) is 1. The smallest absolute Gasteiger partial charge is 0.407 e. The maximum Gasteiger partial charge on any atom is 0.407 e. The zero-order valence-electron chi connectivity index (χ0n) is 26.2. The van der Waals surface area contributed by atoms with Gasteiger partial charge >= 0.3 is 6.09 Å². The van der Waals surface area contributed by atoms with E-state index in [1.54, 1.807) is 25.7 Å². The topological polar surface area (TPSA) is 159 Å². The lowest BCUT2D eigenvalue weighted by atomic mass is 10.0. The van der Waals surface area contributed by atoms with Gasteiger partial charge in [0.25, 0.3) is 0 Å². The fourth-order valence-electron chi connectivity index (χ4n) is 5.32. The summed E-state index contributed by atoms with van der Waals surface area (Å²) in [6, 6.07) is 18.7. The minimum atomic E-state index is -1.27. The Balaban J connectivity index is 1.37. The lowest BCUT2D eigenvalue weighted by Gasteiger charge is -2.38. The van der Waals surface area contributed by atoms with E-state index in [2.05, 4.69) is 5.32 Å². The van der Waals surface area contributed by atoms with Crippen LogP contribution in [0.15, 0.2) is 60.7 Å². The maximum atomic E-state index is 12.2. The predicted octanol–water partition coefficient (Wildman–Crippen LogP) is 2.27. The number of hydrogen-bond acceptors (Lipinski definition) is 11. The Labute approximate surface area is 264 Å². The van der Waals surface area contributed by atoms with Gasteiger partial charge in [0.2, 0.25) is 0 Å². The maximum absolute atomic E-state index is 12.2. The van der Waals surface area contributed by atoms with E-state index in [0.717, 1.165) is 11.1 Å². The van der Waals surface area contributed by atoms with E-state index < -0.39 is 60.9 Å². The van der Waals surface area contributed by atoms with Gasteiger partial charge < -0.3 is 49.4 Å². The Kier molecular flexibility index (Phi) is 13.1. The van der Waals surface area contributed by atoms with Crippen molar-refractivity contribution in [3.8, 4) is 0 Å². The van der Waals surface area contributed by atoms with Crippen LogP contribution in [0.4, 0.5) is 4.79 Å². The van der Waals surface area contributed by atoms with E-state index in [1.807, 2.05) is 60.7 Å². The van der Waals surface area contributed by atoms with E-state index in [0.29, 0.717) is 26.1 Å². The van der Waals surface area contributed by atoms with Crippen LogP contribution >= 0.6 is 0 Å². The number of nitrogens with one attached hydrogen (secondary N) is 1. The molecule has 0 radical (unpaired) electrons. The van der Waals surface area contributed by atoms with Crippen molar-refractivity contribution in [3.63, 3.8) is 0 Å². The van der Waals surface area contributed by atoms with Gasteiger partial charge in [0.15, 0.2) is 12.6 Å². The number of nitrogens with zero attached hydrogens (tertiary/aromatic N) is 1. The Morgan fingerprint density at radius 2 is 1.27 bits per heavy atom. The van der Waals surface area contributed by atoms with Gasteiger partial charge in [0, 0.05) is 37.3 Å². The molecule has 0 aromatic heterocycles. The molecule has 2 aliphatic rings. The molecule has 0 saturated carbocycles. The Bertz CT molecular complexity index is 1080. The van der Waals surface area contributed by atoms with E-state index in [1.165, 1.54) is 0 Å². The van der Waals surface area contributed by atoms with Crippen molar-refractivity contribution >= 4 is 6.09 Å². The number of amides is 1. The van der Waals surface area contributed by atoms with Crippen LogP contribution in [0, 0.1) is 0 Å². The second-order valence-electron chi connectivity index (χ2n) is 12.5. The van der Waals surface area contributed by atoms with Gasteiger partial charge in [-0.15, -0.1) is 0 Å². The van der Waals surface area contributed by atoms with Crippen LogP contribution in [0.25, 0.3) is 0 Å². The van der Waals surface area contributed by atoms with E-state index in [-0.39, 0.29) is 26.2 Å². The first-order chi connectivity index (χ1) is 21.5. The highest BCUT2D eigenvalue weighted by molar-refractivity contribution is 5.67. The fraction of sp³-hybridized carbons (Fsp3) is 0.606. The molecule has 8 atom stereocenters. The number of rotatable bonds is 13. The summed E-state index contributed by atoms with van der Waals surface area (Å²) < 4.78 is 28.8. The van der Waals surface area contributed by atoms with Gasteiger partial charge in [-0.3, -0.25) is 4.90 Å². The zero-order chi connectivity index (χ0) is 32.4. The van der Waals surface area contributed by atoms with Crippen LogP contribution in [-0.2, 0) is 23.7 Å². The van der Waals surface area contributed by atoms with Gasteiger partial charge in [0.05, 0.1) is 37.6 Å². The van der Waals surface area contributed by atoms with E-state index in [9.17, 15) is 25.2 Å². The number of carbonyl (C=O) groups excluding carboxylic acids is 1. The molecule has 2 unspecified atom stereocenters. The summed E-state index contributed by atoms with van der Waals surface area (Å²) in [6.07, 6.45) is -7.61. The molecule has 0 bridgehead atoms. The molecule has 45 heavy (non-hydrogen) atoms. The number of hydrogen-bond donors (Lipinski definition) is 5. The summed E-state index contributed by atoms with van der Waals surface area (Å²) in [5, 5.41) is 47.1. The van der Waals surface area contributed by atoms with Crippen molar-refractivity contribution in [2.24, 2.45) is 0 Å². The summed E-state index contributed by atoms with van der Waals surface area (Å²) >= 11 is 0. The Morgan fingerprint density at radius 1 is 0.822 bits per heavy atom. The van der Waals surface area contributed by atoms with Crippen LogP contribution in [0.5, 0.6) is 0 Å². The highest BCUT2D eigenvalue weighted by Gasteiger charge is 2.37. The quantitative estimate of drug-likeness (QED) is 0.221. The van der Waals surface area contributed by atoms with Crippen LogP contribution in [0.1, 0.15) is 57.3 Å². The third-order valence-corrected chi connectivity index (χ3v) is 7.62. The summed E-state index contributed by atoms with van der Waals surface area (Å²) in [6.45, 7) is 6.15. The molecule has 12 heteroatoms. The van der Waals surface area contributed by atoms with Gasteiger partial charge in [-0.1, -0.05) is 60.7 Å². The van der Waals surface area contributed by atoms with Crippen molar-refractivity contribution in [1.82, 2.24) is 10.2 Å². The van der Waals surface area contributed by atoms with Gasteiger partial charge in [-0.05, 0) is 33.6 Å². The summed E-state index contributed by atoms with van der Waals surface area (Å²) in [5.41, 5.74) is 0.939. The molecule has 4 rings (SSSR count). The molecule has 0 aliphatic carbocycles. The Hall–Kier alpha value is -2.65. The molecule has 1 amide bonds. The molecular formula is C33H48N2O10. The molecule has 2 aromatic carbocycles. The van der Waals surface area contributed by atoms with Crippen molar-refractivity contribution in [3.05, 3.63) is 71.8 Å². The third kappa shape index (κ3) is 11.0. The zero-order valence-corrected chi connectivity index (χ0v) is 26.2. The number of benzene rings is 2. The largest absolute Gasteiger partial charge is 0.444 e. The Morgan fingerprint density at radius 3 is 1.69 bits per heavy atom. The molecule has 0 spiro atoms. The lowest BCUT2D eigenvalue weighted by molar-refractivity contribution is -0.249. The number of aliphatic hydroxyl groups is 4. The monoisotopic (exact) mass is 632 g/mol. The second-order valence-corrected chi connectivity index (χ2v) is 12.5. The van der Waals surface area contributed by atoms with E-state index >= 15 is 0 Å². The second kappa shape index (κ2) is 16.8. The van der Waals surface area contributed by atoms with Gasteiger partial charge in [-0.25, -0.2) is 4.79 Å². The molecule has 5 N–H and O–H groups in total. The standard InChI is InChI=1S/C33H48N2O10/c1-33(2,3)45-32(40)34-16-17-35(20-24(36)28(38)26-14-18-41-30(43-26)22-10-6-4-7-11-22)21-25(37)29(39)27-15-19-42-31(44-27)23-12-8-5-9-13-23/h4-13,24-31,36-39H,14-21H2,1-3H3,(H,34,40)/t24-,25-,26+,27+,28+,29+,30?,31?/m0/s1. The first-order valence-electron chi connectivity index (χ1n) is 15.6. The third-order valence-electron chi connectivity index (χ3n) is 7.62. The molecule has 2 aromatic rings. The summed E-state index contributed by atoms with van der Waals surface area (Å²) in [7, 11) is 0. The lowest BCUT2D eigenvalue weighted by Crippen LogP contribution is -2.52. The molecule has 250 valence electrons. The first-order valence-corrected chi connectivity index (χ1v) is 15.6. The fourth-order valence-corrected chi connectivity index (χ4v) is 5.32. The first kappa shape index (κ1) is 35.2. The van der Waals surface area contributed by atoms with Crippen LogP contribution < -0.4 is 5.32 Å². The van der Waals surface area contributed by atoms with Crippen LogP contribution in [0.3, 0.4) is 0 Å². The highest BCUT2D eigenvalue weighted by atomic mass is 16.7. The molecule has 12 nitrogen and oxygen atoms in total. The molecule has 2 heterocycles. The average Bonchev–Trinajstić information content (AvgIpc) is 3.04. The summed E-state index contributed by atoms with van der Waals surface area (Å²) in [5.74, 6) is 0. The number of carbonyl (C=O) groups is 1. The minimum Gasteiger partial charge on any atom is -0.444 e. The molecule has 2 fully saturated rings. The molecular weight excluding hydrogens is 584 g/mol.